The molecule has 0 atom stereocenters. The molecule has 24 heavy (non-hydrogen) atoms. The van der Waals surface area contributed by atoms with Crippen LogP contribution >= 0.6 is 11.8 Å². The molecule has 5 heteroatoms. The topological polar surface area (TPSA) is 45.7 Å². The van der Waals surface area contributed by atoms with Crippen LogP contribution in [0.1, 0.15) is 16.7 Å². The standard InChI is InChI=1S/C19H25N3OS/c1-14-8-9-16(18(10-14)24-4)13-22-19(20-2)21-12-15-6-5-7-17(11-15)23-3/h5-11H,12-13H2,1-4H3,(H2,20,21,22). The van der Waals surface area contributed by atoms with Gasteiger partial charge in [0.1, 0.15) is 5.75 Å². The molecule has 0 aliphatic rings. The van der Waals surface area contributed by atoms with Gasteiger partial charge in [0, 0.05) is 25.0 Å². The van der Waals surface area contributed by atoms with Gasteiger partial charge in [-0.3, -0.25) is 4.99 Å². The molecule has 2 aromatic carbocycles. The fourth-order valence-electron chi connectivity index (χ4n) is 2.37. The fraction of sp³-hybridized carbons (Fsp3) is 0.316. The Morgan fingerprint density at radius 3 is 2.62 bits per heavy atom. The van der Waals surface area contributed by atoms with Crippen molar-refractivity contribution in [1.82, 2.24) is 10.6 Å². The lowest BCUT2D eigenvalue weighted by molar-refractivity contribution is 0.414. The first kappa shape index (κ1) is 18.2. The number of guanidine groups is 1. The Balaban J connectivity index is 1.93. The van der Waals surface area contributed by atoms with Gasteiger partial charge in [-0.15, -0.1) is 11.8 Å². The van der Waals surface area contributed by atoms with Crippen LogP contribution in [-0.2, 0) is 13.1 Å². The van der Waals surface area contributed by atoms with E-state index >= 15 is 0 Å². The first-order chi connectivity index (χ1) is 11.7. The molecule has 2 N–H and O–H groups in total. The SMILES string of the molecule is CN=C(NCc1cccc(OC)c1)NCc1ccc(C)cc1SC. The van der Waals surface area contributed by atoms with E-state index in [9.17, 15) is 0 Å². The number of hydrogen-bond acceptors (Lipinski definition) is 3. The summed E-state index contributed by atoms with van der Waals surface area (Å²) in [6.07, 6.45) is 2.11. The number of ether oxygens (including phenoxy) is 1. The molecule has 0 heterocycles. The summed E-state index contributed by atoms with van der Waals surface area (Å²) in [5.74, 6) is 1.65. The van der Waals surface area contributed by atoms with Crippen molar-refractivity contribution in [3.05, 3.63) is 59.2 Å². The van der Waals surface area contributed by atoms with Gasteiger partial charge in [0.2, 0.25) is 0 Å². The summed E-state index contributed by atoms with van der Waals surface area (Å²) in [7, 11) is 3.46. The lowest BCUT2D eigenvalue weighted by Crippen LogP contribution is -2.36. The monoisotopic (exact) mass is 343 g/mol. The third-order valence-electron chi connectivity index (χ3n) is 3.71. The molecule has 0 saturated heterocycles. The van der Waals surface area contributed by atoms with Crippen LogP contribution in [0.5, 0.6) is 5.75 Å². The van der Waals surface area contributed by atoms with Gasteiger partial charge in [-0.05, 0) is 48.1 Å². The quantitative estimate of drug-likeness (QED) is 0.478. The molecule has 2 aromatic rings. The van der Waals surface area contributed by atoms with Gasteiger partial charge in [0.15, 0.2) is 5.96 Å². The van der Waals surface area contributed by atoms with Crippen LogP contribution in [0.25, 0.3) is 0 Å². The minimum atomic E-state index is 0.695. The van der Waals surface area contributed by atoms with Crippen LogP contribution in [0.4, 0.5) is 0 Å². The molecule has 0 aromatic heterocycles. The molecule has 4 nitrogen and oxygen atoms in total. The summed E-state index contributed by atoms with van der Waals surface area (Å²) in [5, 5.41) is 6.71. The van der Waals surface area contributed by atoms with Crippen molar-refractivity contribution in [1.29, 1.82) is 0 Å². The Bertz CT molecular complexity index is 701. The molecule has 0 bridgehead atoms. The summed E-state index contributed by atoms with van der Waals surface area (Å²) in [6, 6.07) is 14.5. The van der Waals surface area contributed by atoms with E-state index in [1.165, 1.54) is 16.0 Å². The van der Waals surface area contributed by atoms with Crippen molar-refractivity contribution in [3.63, 3.8) is 0 Å². The van der Waals surface area contributed by atoms with E-state index in [1.54, 1.807) is 25.9 Å². The summed E-state index contributed by atoms with van der Waals surface area (Å²) in [6.45, 7) is 3.56. The zero-order valence-electron chi connectivity index (χ0n) is 14.7. The predicted molar refractivity (Wildman–Crippen MR) is 103 cm³/mol. The van der Waals surface area contributed by atoms with Gasteiger partial charge >= 0.3 is 0 Å². The molecule has 0 saturated carbocycles. The van der Waals surface area contributed by atoms with Crippen molar-refractivity contribution < 1.29 is 4.74 Å². The maximum absolute atomic E-state index is 5.25. The number of hydrogen-bond donors (Lipinski definition) is 2. The predicted octanol–water partition coefficient (Wildman–Crippen LogP) is 3.59. The zero-order valence-corrected chi connectivity index (χ0v) is 15.5. The molecule has 0 fully saturated rings. The first-order valence-corrected chi connectivity index (χ1v) is 9.09. The first-order valence-electron chi connectivity index (χ1n) is 7.87. The highest BCUT2D eigenvalue weighted by atomic mass is 32.2. The average Bonchev–Trinajstić information content (AvgIpc) is 2.62. The number of benzene rings is 2. The lowest BCUT2D eigenvalue weighted by Gasteiger charge is -2.14. The van der Waals surface area contributed by atoms with Crippen molar-refractivity contribution in [2.75, 3.05) is 20.4 Å². The number of nitrogens with one attached hydrogen (secondary N) is 2. The van der Waals surface area contributed by atoms with Gasteiger partial charge in [-0.25, -0.2) is 0 Å². The van der Waals surface area contributed by atoms with Crippen molar-refractivity contribution >= 4 is 17.7 Å². The number of aliphatic imine (C=N–C) groups is 1. The Morgan fingerprint density at radius 2 is 1.92 bits per heavy atom. The van der Waals surface area contributed by atoms with E-state index in [0.717, 1.165) is 23.8 Å². The van der Waals surface area contributed by atoms with Crippen LogP contribution in [0, 0.1) is 6.92 Å². The fourth-order valence-corrected chi connectivity index (χ4v) is 3.07. The van der Waals surface area contributed by atoms with Gasteiger partial charge in [0.25, 0.3) is 0 Å². The van der Waals surface area contributed by atoms with E-state index in [4.69, 9.17) is 4.74 Å². The van der Waals surface area contributed by atoms with Crippen LogP contribution in [0.3, 0.4) is 0 Å². The van der Waals surface area contributed by atoms with E-state index < -0.39 is 0 Å². The smallest absolute Gasteiger partial charge is 0.191 e. The summed E-state index contributed by atoms with van der Waals surface area (Å²) in [5.41, 5.74) is 3.71. The molecule has 2 rings (SSSR count). The lowest BCUT2D eigenvalue weighted by atomic mass is 10.1. The minimum Gasteiger partial charge on any atom is -0.497 e. The van der Waals surface area contributed by atoms with Gasteiger partial charge < -0.3 is 15.4 Å². The molecule has 0 unspecified atom stereocenters. The third-order valence-corrected chi connectivity index (χ3v) is 4.53. The molecule has 0 amide bonds. The van der Waals surface area contributed by atoms with E-state index in [0.29, 0.717) is 6.54 Å². The van der Waals surface area contributed by atoms with Gasteiger partial charge in [-0.1, -0.05) is 24.3 Å². The van der Waals surface area contributed by atoms with Crippen molar-refractivity contribution in [3.8, 4) is 5.75 Å². The summed E-state index contributed by atoms with van der Waals surface area (Å²) in [4.78, 5) is 5.59. The molecule has 0 spiro atoms. The Kier molecular flexibility index (Phi) is 7.00. The molecule has 0 aliphatic carbocycles. The van der Waals surface area contributed by atoms with Crippen molar-refractivity contribution in [2.45, 2.75) is 24.9 Å². The number of methoxy groups -OCH3 is 1. The Hall–Kier alpha value is -2.14. The van der Waals surface area contributed by atoms with Gasteiger partial charge in [-0.2, -0.15) is 0 Å². The number of nitrogens with zero attached hydrogens (tertiary/aromatic N) is 1. The highest BCUT2D eigenvalue weighted by Crippen LogP contribution is 2.21. The normalized spacial score (nSPS) is 11.2. The van der Waals surface area contributed by atoms with E-state index in [2.05, 4.69) is 53.1 Å². The summed E-state index contributed by atoms with van der Waals surface area (Å²) < 4.78 is 5.25. The van der Waals surface area contributed by atoms with Crippen LogP contribution in [0.15, 0.2) is 52.4 Å². The number of aryl methyl sites for hydroxylation is 1. The maximum Gasteiger partial charge on any atom is 0.191 e. The zero-order chi connectivity index (χ0) is 17.4. The maximum atomic E-state index is 5.25. The third kappa shape index (κ3) is 5.20. The second-order valence-corrected chi connectivity index (χ2v) is 6.29. The molecule has 0 aliphatic heterocycles. The molecule has 0 radical (unpaired) electrons. The largest absolute Gasteiger partial charge is 0.497 e. The van der Waals surface area contributed by atoms with Crippen LogP contribution < -0.4 is 15.4 Å². The number of thioether (sulfide) groups is 1. The second kappa shape index (κ2) is 9.23. The van der Waals surface area contributed by atoms with Crippen LogP contribution in [0.2, 0.25) is 0 Å². The second-order valence-electron chi connectivity index (χ2n) is 5.45. The van der Waals surface area contributed by atoms with E-state index in [1.807, 2.05) is 18.2 Å². The summed E-state index contributed by atoms with van der Waals surface area (Å²) >= 11 is 1.77. The molecular formula is C19H25N3OS. The number of rotatable bonds is 6. The Labute approximate surface area is 148 Å². The molecular weight excluding hydrogens is 318 g/mol. The average molecular weight is 343 g/mol. The van der Waals surface area contributed by atoms with E-state index in [-0.39, 0.29) is 0 Å². The Morgan fingerprint density at radius 1 is 1.12 bits per heavy atom. The highest BCUT2D eigenvalue weighted by Gasteiger charge is 2.04. The minimum absolute atomic E-state index is 0.695. The van der Waals surface area contributed by atoms with Gasteiger partial charge in [0.05, 0.1) is 7.11 Å². The highest BCUT2D eigenvalue weighted by molar-refractivity contribution is 7.98. The molecule has 128 valence electrons. The van der Waals surface area contributed by atoms with Crippen molar-refractivity contribution in [2.24, 2.45) is 4.99 Å². The van der Waals surface area contributed by atoms with Crippen LogP contribution in [-0.4, -0.2) is 26.4 Å².